The predicted octanol–water partition coefficient (Wildman–Crippen LogP) is 4.27. The van der Waals surface area contributed by atoms with Gasteiger partial charge in [-0.2, -0.15) is 0 Å². The van der Waals surface area contributed by atoms with Gasteiger partial charge in [-0.1, -0.05) is 66.4 Å². The first-order valence-electron chi connectivity index (χ1n) is 18.8. The quantitative estimate of drug-likeness (QED) is 0.165. The molecule has 0 spiro atoms. The third-order valence-electron chi connectivity index (χ3n) is 10.1. The fourth-order valence-electron chi connectivity index (χ4n) is 6.92. The number of ether oxygens (including phenoxy) is 1. The number of nitrogens with zero attached hydrogens (tertiary/aromatic N) is 8. The molecule has 13 nitrogen and oxygen atoms in total. The van der Waals surface area contributed by atoms with E-state index in [0.717, 1.165) is 53.7 Å². The van der Waals surface area contributed by atoms with Crippen LogP contribution in [0.4, 0.5) is 17.6 Å². The fourth-order valence-corrected chi connectivity index (χ4v) is 6.92. The number of halogens is 4. The van der Waals surface area contributed by atoms with Gasteiger partial charge in [0.2, 0.25) is 11.6 Å². The van der Waals surface area contributed by atoms with Crippen LogP contribution in [-0.2, 0) is 40.0 Å². The molecule has 0 saturated carbocycles. The molecule has 4 aromatic heterocycles. The van der Waals surface area contributed by atoms with Crippen LogP contribution in [0.3, 0.4) is 0 Å². The van der Waals surface area contributed by atoms with Gasteiger partial charge < -0.3 is 4.74 Å². The molecule has 0 saturated heterocycles. The van der Waals surface area contributed by atoms with Crippen LogP contribution < -0.4 is 27.2 Å². The first-order valence-corrected chi connectivity index (χ1v) is 18.8. The molecular weight excluding hydrogens is 809 g/mol. The predicted molar refractivity (Wildman–Crippen MR) is 221 cm³/mol. The van der Waals surface area contributed by atoms with Gasteiger partial charge in [0, 0.05) is 26.9 Å². The second-order valence-electron chi connectivity index (χ2n) is 14.1. The largest absolute Gasteiger partial charge is 0.497 e. The lowest BCUT2D eigenvalue weighted by Crippen LogP contribution is -2.41. The van der Waals surface area contributed by atoms with E-state index in [2.05, 4.69) is 33.6 Å². The Morgan fingerprint density at radius 2 is 0.968 bits per heavy atom. The molecule has 0 atom stereocenters. The van der Waals surface area contributed by atoms with Gasteiger partial charge in [0.05, 0.1) is 20.2 Å². The molecule has 0 bridgehead atoms. The molecular formula is C45H32F4N8O5. The van der Waals surface area contributed by atoms with E-state index in [-0.39, 0.29) is 57.9 Å². The van der Waals surface area contributed by atoms with Gasteiger partial charge in [-0.3, -0.25) is 27.9 Å². The molecule has 4 aromatic carbocycles. The van der Waals surface area contributed by atoms with Crippen molar-refractivity contribution >= 4 is 22.3 Å². The van der Waals surface area contributed by atoms with E-state index in [4.69, 9.17) is 4.74 Å². The molecule has 0 fully saturated rings. The SMILES string of the molecule is COc1ccc(CC#Cc2nc3c(=O)n(Cc4ccc(F)c(F)c4)c(=O)n(C)c3n2-n2c(C#CCc3ccccc3)nc3c(=O)n(Cc4ccc(F)c(F)c4)c(=O)n(C)c32)cc1. The molecule has 0 unspecified atom stereocenters. The van der Waals surface area contributed by atoms with Crippen molar-refractivity contribution in [2.75, 3.05) is 7.11 Å². The monoisotopic (exact) mass is 840 g/mol. The number of hydrogen-bond acceptors (Lipinski definition) is 7. The van der Waals surface area contributed by atoms with Crippen LogP contribution in [0.1, 0.15) is 33.9 Å². The van der Waals surface area contributed by atoms with Gasteiger partial charge in [0.1, 0.15) is 5.75 Å². The molecule has 62 heavy (non-hydrogen) atoms. The van der Waals surface area contributed by atoms with Crippen LogP contribution in [-0.4, -0.2) is 44.7 Å². The molecule has 8 rings (SSSR count). The number of fused-ring (bicyclic) bond motifs is 2. The zero-order valence-electron chi connectivity index (χ0n) is 33.1. The van der Waals surface area contributed by atoms with E-state index >= 15 is 0 Å². The standard InChI is InChI=1S/C45H32F4N8O5/c1-52-40-38(42(58)54(44(52)60)25-29-17-21-32(46)34(48)23-29)50-36(13-7-11-27-9-5-4-6-10-27)56(40)57-37(14-8-12-28-15-19-31(62-3)20-16-28)51-39-41(57)53(2)45(61)55(43(39)59)26-30-18-22-33(47)35(49)24-30/h4-6,9-10,15-24H,11-12,25-26H2,1-3H3. The highest BCUT2D eigenvalue weighted by Gasteiger charge is 2.27. The average molecular weight is 841 g/mol. The fraction of sp³-hybridized carbons (Fsp3) is 0.156. The number of hydrogen-bond donors (Lipinski definition) is 0. The first-order chi connectivity index (χ1) is 29.8. The van der Waals surface area contributed by atoms with Crippen LogP contribution >= 0.6 is 0 Å². The van der Waals surface area contributed by atoms with Gasteiger partial charge in [0.15, 0.2) is 45.6 Å². The second-order valence-corrected chi connectivity index (χ2v) is 14.1. The topological polar surface area (TPSA) is 133 Å². The maximum absolute atomic E-state index is 14.3. The third-order valence-corrected chi connectivity index (χ3v) is 10.1. The molecule has 0 aliphatic rings. The van der Waals surface area contributed by atoms with Crippen molar-refractivity contribution in [1.82, 2.24) is 37.6 Å². The Labute approximate surface area is 347 Å². The first kappa shape index (κ1) is 40.6. The van der Waals surface area contributed by atoms with E-state index in [0.29, 0.717) is 5.75 Å². The van der Waals surface area contributed by atoms with Gasteiger partial charge in [0.25, 0.3) is 11.1 Å². The zero-order chi connectivity index (χ0) is 43.8. The van der Waals surface area contributed by atoms with E-state index in [9.17, 15) is 36.7 Å². The maximum Gasteiger partial charge on any atom is 0.332 e. The highest BCUT2D eigenvalue weighted by atomic mass is 19.2. The summed E-state index contributed by atoms with van der Waals surface area (Å²) in [4.78, 5) is 66.0. The number of aryl methyl sites for hydroxylation is 2. The van der Waals surface area contributed by atoms with E-state index in [1.165, 1.54) is 42.7 Å². The van der Waals surface area contributed by atoms with Crippen LogP contribution in [0.5, 0.6) is 5.75 Å². The van der Waals surface area contributed by atoms with Gasteiger partial charge >= 0.3 is 11.4 Å². The number of benzene rings is 4. The number of methoxy groups -OCH3 is 1. The van der Waals surface area contributed by atoms with E-state index < -0.39 is 58.9 Å². The van der Waals surface area contributed by atoms with Gasteiger partial charge in [-0.25, -0.2) is 46.5 Å². The number of imidazole rings is 2. The molecule has 0 N–H and O–H groups in total. The number of rotatable bonds is 8. The molecule has 4 heterocycles. The van der Waals surface area contributed by atoms with Crippen LogP contribution in [0, 0.1) is 47.0 Å². The van der Waals surface area contributed by atoms with Crippen molar-refractivity contribution in [3.8, 4) is 29.4 Å². The molecule has 0 radical (unpaired) electrons. The summed E-state index contributed by atoms with van der Waals surface area (Å²) in [5.41, 5.74) is -2.53. The van der Waals surface area contributed by atoms with E-state index in [1.54, 1.807) is 12.1 Å². The summed E-state index contributed by atoms with van der Waals surface area (Å²) in [7, 11) is 4.25. The Kier molecular flexibility index (Phi) is 10.8. The molecule has 0 amide bonds. The highest BCUT2D eigenvalue weighted by molar-refractivity contribution is 5.76. The summed E-state index contributed by atoms with van der Waals surface area (Å²) in [5, 5.41) is 0. The Morgan fingerprint density at radius 1 is 0.548 bits per heavy atom. The summed E-state index contributed by atoms with van der Waals surface area (Å²) in [6.07, 6.45) is 0.420. The van der Waals surface area contributed by atoms with Crippen molar-refractivity contribution in [2.45, 2.75) is 25.9 Å². The summed E-state index contributed by atoms with van der Waals surface area (Å²) in [6.45, 7) is -0.886. The van der Waals surface area contributed by atoms with Gasteiger partial charge in [-0.05, 0) is 70.5 Å². The summed E-state index contributed by atoms with van der Waals surface area (Å²) in [6, 6.07) is 22.4. The lowest BCUT2D eigenvalue weighted by Gasteiger charge is -2.15. The molecule has 0 aliphatic carbocycles. The highest BCUT2D eigenvalue weighted by Crippen LogP contribution is 2.20. The minimum Gasteiger partial charge on any atom is -0.497 e. The average Bonchev–Trinajstić information content (AvgIpc) is 3.84. The van der Waals surface area contributed by atoms with Crippen LogP contribution in [0.15, 0.2) is 110 Å². The maximum atomic E-state index is 14.3. The molecule has 310 valence electrons. The van der Waals surface area contributed by atoms with E-state index in [1.807, 2.05) is 42.5 Å². The Morgan fingerprint density at radius 3 is 1.39 bits per heavy atom. The Hall–Kier alpha value is -8.18. The molecule has 8 aromatic rings. The minimum absolute atomic E-state index is 0.118. The van der Waals surface area contributed by atoms with Crippen molar-refractivity contribution < 1.29 is 22.3 Å². The lowest BCUT2D eigenvalue weighted by molar-refractivity contribution is 0.414. The van der Waals surface area contributed by atoms with Crippen LogP contribution in [0.2, 0.25) is 0 Å². The smallest absolute Gasteiger partial charge is 0.332 e. The summed E-state index contributed by atoms with van der Waals surface area (Å²) in [5.74, 6) is 7.88. The van der Waals surface area contributed by atoms with Crippen molar-refractivity contribution in [3.05, 3.63) is 190 Å². The molecule has 0 aliphatic heterocycles. The Bertz CT molecular complexity index is 3470. The zero-order valence-corrected chi connectivity index (χ0v) is 33.1. The number of aromatic nitrogens is 8. The van der Waals surface area contributed by atoms with Crippen molar-refractivity contribution in [1.29, 1.82) is 0 Å². The normalized spacial score (nSPS) is 11.1. The van der Waals surface area contributed by atoms with Gasteiger partial charge in [-0.15, -0.1) is 0 Å². The van der Waals surface area contributed by atoms with Crippen molar-refractivity contribution in [3.63, 3.8) is 0 Å². The minimum atomic E-state index is -1.17. The van der Waals surface area contributed by atoms with Crippen LogP contribution in [0.25, 0.3) is 22.3 Å². The third kappa shape index (κ3) is 7.47. The lowest BCUT2D eigenvalue weighted by atomic mass is 10.1. The van der Waals surface area contributed by atoms with Crippen molar-refractivity contribution in [2.24, 2.45) is 14.1 Å². The second kappa shape index (κ2) is 16.5. The summed E-state index contributed by atoms with van der Waals surface area (Å²) >= 11 is 0. The molecule has 17 heteroatoms. The Balaban J connectivity index is 1.41. The summed E-state index contributed by atoms with van der Waals surface area (Å²) < 4.78 is 67.6.